The molecule has 2 bridgehead atoms. The summed E-state index contributed by atoms with van der Waals surface area (Å²) in [6, 6.07) is 8.86. The molecule has 0 radical (unpaired) electrons. The number of fused-ring (bicyclic) bond motifs is 3. The van der Waals surface area contributed by atoms with Crippen LogP contribution in [0.3, 0.4) is 0 Å². The molecule has 3 aliphatic rings. The highest BCUT2D eigenvalue weighted by atomic mass is 16.5. The third-order valence-electron chi connectivity index (χ3n) is 11.9. The van der Waals surface area contributed by atoms with E-state index in [2.05, 4.69) is 6.58 Å². The van der Waals surface area contributed by atoms with E-state index in [0.717, 1.165) is 5.56 Å². The number of carbonyl (C=O) groups excluding carboxylic acids is 2. The van der Waals surface area contributed by atoms with Crippen molar-refractivity contribution in [3.05, 3.63) is 59.2 Å². The van der Waals surface area contributed by atoms with Crippen LogP contribution in [0.2, 0.25) is 0 Å². The first-order valence-corrected chi connectivity index (χ1v) is 16.6. The van der Waals surface area contributed by atoms with Crippen LogP contribution in [-0.4, -0.2) is 102 Å². The van der Waals surface area contributed by atoms with Crippen LogP contribution in [0.1, 0.15) is 84.2 Å². The Morgan fingerprint density at radius 2 is 1.50 bits per heavy atom. The number of ketones is 1. The summed E-state index contributed by atoms with van der Waals surface area (Å²) in [5.74, 6) is -8.89. The van der Waals surface area contributed by atoms with Crippen LogP contribution in [0.25, 0.3) is 0 Å². The molecule has 6 N–H and O–H groups in total. The van der Waals surface area contributed by atoms with Gasteiger partial charge in [0, 0.05) is 29.7 Å². The number of hydrogen-bond donors (Lipinski definition) is 6. The van der Waals surface area contributed by atoms with Gasteiger partial charge in [0.1, 0.15) is 17.3 Å². The molecule has 0 aromatic heterocycles. The number of hydrogen-bond acceptors (Lipinski definition) is 10. The van der Waals surface area contributed by atoms with E-state index >= 15 is 0 Å². The lowest BCUT2D eigenvalue weighted by molar-refractivity contribution is -0.274. The molecular weight excluding hydrogens is 650 g/mol. The fourth-order valence-electron chi connectivity index (χ4n) is 9.85. The molecule has 0 aliphatic heterocycles. The Morgan fingerprint density at radius 3 is 2.02 bits per heavy atom. The predicted molar refractivity (Wildman–Crippen MR) is 179 cm³/mol. The molecule has 13 nitrogen and oxygen atoms in total. The van der Waals surface area contributed by atoms with E-state index in [4.69, 9.17) is 4.74 Å². The molecule has 0 saturated heterocycles. The van der Waals surface area contributed by atoms with Crippen molar-refractivity contribution in [3.8, 4) is 0 Å². The smallest absolute Gasteiger partial charge is 0.308 e. The van der Waals surface area contributed by atoms with E-state index < -0.39 is 101 Å². The molecule has 3 aliphatic carbocycles. The van der Waals surface area contributed by atoms with E-state index in [9.17, 15) is 54.6 Å². The molecule has 0 spiro atoms. The number of aliphatic carboxylic acids is 3. The highest BCUT2D eigenvalue weighted by Gasteiger charge is 2.75. The van der Waals surface area contributed by atoms with Gasteiger partial charge in [0.25, 0.3) is 0 Å². The summed E-state index contributed by atoms with van der Waals surface area (Å²) in [5, 5.41) is 69.2. The van der Waals surface area contributed by atoms with Crippen LogP contribution in [0, 0.1) is 22.7 Å². The molecule has 2 saturated carbocycles. The number of rotatable bonds is 11. The van der Waals surface area contributed by atoms with Gasteiger partial charge in [0.05, 0.1) is 31.3 Å². The number of aliphatic hydroxyl groups is 3. The van der Waals surface area contributed by atoms with Crippen LogP contribution in [-0.2, 0) is 28.7 Å². The summed E-state index contributed by atoms with van der Waals surface area (Å²) in [4.78, 5) is 66.8. The Hall–Kier alpha value is -3.91. The zero-order valence-electron chi connectivity index (χ0n) is 29.4. The second kappa shape index (κ2) is 13.3. The van der Waals surface area contributed by atoms with Crippen molar-refractivity contribution in [3.63, 3.8) is 0 Å². The molecular formula is C37H49NO12. The minimum absolute atomic E-state index is 0.0450. The number of allylic oxidation sites excluding steroid dienone is 1. The van der Waals surface area contributed by atoms with E-state index in [0.29, 0.717) is 0 Å². The second-order valence-electron chi connectivity index (χ2n) is 15.4. The van der Waals surface area contributed by atoms with Crippen LogP contribution in [0.4, 0.5) is 0 Å². The lowest BCUT2D eigenvalue weighted by Gasteiger charge is -2.68. The average Bonchev–Trinajstić information content (AvgIpc) is 2.97. The Balaban J connectivity index is 1.96. The van der Waals surface area contributed by atoms with Crippen molar-refractivity contribution in [2.45, 2.75) is 102 Å². The lowest BCUT2D eigenvalue weighted by Crippen LogP contribution is -2.76. The van der Waals surface area contributed by atoms with Gasteiger partial charge in [-0.3, -0.25) is 24.0 Å². The first-order chi connectivity index (χ1) is 23.0. The molecule has 1 aromatic rings. The molecule has 50 heavy (non-hydrogen) atoms. The summed E-state index contributed by atoms with van der Waals surface area (Å²) in [6.45, 7) is 9.88. The van der Waals surface area contributed by atoms with Crippen molar-refractivity contribution in [2.75, 3.05) is 14.1 Å². The zero-order chi connectivity index (χ0) is 37.8. The Labute approximate surface area is 291 Å². The third-order valence-corrected chi connectivity index (χ3v) is 11.9. The van der Waals surface area contributed by atoms with Crippen molar-refractivity contribution in [1.29, 1.82) is 0 Å². The third kappa shape index (κ3) is 6.18. The average molecular weight is 700 g/mol. The largest absolute Gasteiger partial charge is 0.481 e. The summed E-state index contributed by atoms with van der Waals surface area (Å²) in [5.41, 5.74) is -11.4. The fourth-order valence-corrected chi connectivity index (χ4v) is 9.85. The maximum absolute atomic E-state index is 13.7. The van der Waals surface area contributed by atoms with Gasteiger partial charge in [-0.15, -0.1) is 0 Å². The number of carboxylic acid groups (broad SMARTS) is 3. The van der Waals surface area contributed by atoms with Gasteiger partial charge in [-0.2, -0.15) is 0 Å². The van der Waals surface area contributed by atoms with Crippen LogP contribution in [0.15, 0.2) is 53.6 Å². The van der Waals surface area contributed by atoms with Crippen molar-refractivity contribution in [2.24, 2.45) is 22.7 Å². The highest BCUT2D eigenvalue weighted by molar-refractivity contribution is 5.98. The fraction of sp³-hybridized carbons (Fsp3) is 0.595. The van der Waals surface area contributed by atoms with Gasteiger partial charge in [-0.05, 0) is 61.6 Å². The van der Waals surface area contributed by atoms with Crippen LogP contribution in [0.5, 0.6) is 0 Å². The number of carbonyl (C=O) groups is 5. The maximum atomic E-state index is 13.7. The highest BCUT2D eigenvalue weighted by Crippen LogP contribution is 2.69. The number of esters is 1. The van der Waals surface area contributed by atoms with Gasteiger partial charge >= 0.3 is 23.9 Å². The molecule has 13 heteroatoms. The minimum Gasteiger partial charge on any atom is -0.481 e. The molecule has 1 unspecified atom stereocenters. The summed E-state index contributed by atoms with van der Waals surface area (Å²) in [6.07, 6.45) is -5.43. The number of Topliss-reactive ketones (excluding diaryl/α,β-unsaturated/α-hetero) is 1. The monoisotopic (exact) mass is 699 g/mol. The number of nitrogens with zero attached hydrogens (tertiary/aromatic N) is 1. The van der Waals surface area contributed by atoms with E-state index in [1.165, 1.54) is 27.7 Å². The SMILES string of the molecule is C=C1[C@@H](OC(=O)CC(c2ccccc2)N(C)C)CC[C@]2(C)[C@@H]1[C@](O)(CC(=O)O)[C@@H]1CC(=O)C(C)=C(C1(C)C)[C@](O)(CC(=O)O)[C@@]2(O)CC(=O)O. The number of benzene rings is 1. The Bertz CT molecular complexity index is 1620. The van der Waals surface area contributed by atoms with Crippen LogP contribution < -0.4 is 0 Å². The maximum Gasteiger partial charge on any atom is 0.308 e. The van der Waals surface area contributed by atoms with Gasteiger partial charge in [-0.25, -0.2) is 0 Å². The summed E-state index contributed by atoms with van der Waals surface area (Å²) in [7, 11) is 3.60. The first kappa shape index (κ1) is 38.9. The number of carboxylic acids is 3. The van der Waals surface area contributed by atoms with Gasteiger partial charge < -0.3 is 40.3 Å². The Morgan fingerprint density at radius 1 is 0.940 bits per heavy atom. The van der Waals surface area contributed by atoms with Crippen molar-refractivity contribution < 1.29 is 59.3 Å². The lowest BCUT2D eigenvalue weighted by atomic mass is 9.39. The van der Waals surface area contributed by atoms with Crippen molar-refractivity contribution >= 4 is 29.7 Å². The van der Waals surface area contributed by atoms with Crippen LogP contribution >= 0.6 is 0 Å². The molecule has 2 fully saturated rings. The van der Waals surface area contributed by atoms with E-state index in [-0.39, 0.29) is 42.0 Å². The second-order valence-corrected chi connectivity index (χ2v) is 15.4. The number of ether oxygens (including phenoxy) is 1. The molecule has 274 valence electrons. The molecule has 1 aromatic carbocycles. The Kier molecular flexibility index (Phi) is 10.4. The summed E-state index contributed by atoms with van der Waals surface area (Å²) < 4.78 is 5.98. The summed E-state index contributed by atoms with van der Waals surface area (Å²) >= 11 is 0. The quantitative estimate of drug-likeness (QED) is 0.145. The standard InChI is InChI=1S/C37H49NO12/c1-20-24(39)16-26-33(3,4)31(20)36(48,18-28(42)43)37(49,19-29(44)45)34(5)14-13-25(21(2)32(34)35(26,47)17-27(40)41)50-30(46)15-23(38(6)7)22-11-9-8-10-12-22/h8-12,23,25-26,32,47-49H,2,13-19H2,1,3-7H3,(H,40,41)(H,42,43)(H,44,45)/t23?,25-,26+,32+,34+,35-,36+,37+/m0/s1. The molecule has 0 amide bonds. The molecule has 4 rings (SSSR count). The first-order valence-electron chi connectivity index (χ1n) is 16.6. The molecule has 8 atom stereocenters. The van der Waals surface area contributed by atoms with Gasteiger partial charge in [0.2, 0.25) is 0 Å². The van der Waals surface area contributed by atoms with E-state index in [1.807, 2.05) is 35.2 Å². The van der Waals surface area contributed by atoms with E-state index in [1.54, 1.807) is 14.1 Å². The van der Waals surface area contributed by atoms with Crippen molar-refractivity contribution in [1.82, 2.24) is 4.90 Å². The molecule has 0 heterocycles. The normalized spacial score (nSPS) is 34.3. The van der Waals surface area contributed by atoms with Gasteiger partial charge in [-0.1, -0.05) is 57.7 Å². The predicted octanol–water partition coefficient (Wildman–Crippen LogP) is 3.13. The topological polar surface area (TPSA) is 219 Å². The van der Waals surface area contributed by atoms with Gasteiger partial charge in [0.15, 0.2) is 5.78 Å². The minimum atomic E-state index is -2.93. The zero-order valence-corrected chi connectivity index (χ0v) is 29.4.